The predicted octanol–water partition coefficient (Wildman–Crippen LogP) is 3.70. The molecule has 0 heterocycles. The van der Waals surface area contributed by atoms with Crippen molar-refractivity contribution >= 4 is 34.8 Å². The van der Waals surface area contributed by atoms with E-state index < -0.39 is 6.10 Å². The van der Waals surface area contributed by atoms with Crippen LogP contribution in [0.15, 0.2) is 48.5 Å². The van der Waals surface area contributed by atoms with Crippen LogP contribution >= 0.6 is 11.6 Å². The molecule has 0 saturated carbocycles. The number of rotatable bonds is 5. The Kier molecular flexibility index (Phi) is 5.60. The molecule has 0 unspecified atom stereocenters. The zero-order valence-corrected chi connectivity index (χ0v) is 13.6. The molecule has 2 amide bonds. The number of nitrogens with one attached hydrogen (secondary N) is 2. The Labute approximate surface area is 139 Å². The van der Waals surface area contributed by atoms with Crippen LogP contribution in [-0.2, 0) is 9.59 Å². The first-order valence-electron chi connectivity index (χ1n) is 7.05. The number of hydrogen-bond donors (Lipinski definition) is 2. The first kappa shape index (κ1) is 16.8. The molecule has 2 aromatic carbocycles. The molecule has 0 aliphatic rings. The lowest BCUT2D eigenvalue weighted by Crippen LogP contribution is -2.30. The normalized spacial score (nSPS) is 11.4. The van der Waals surface area contributed by atoms with Gasteiger partial charge in [0.1, 0.15) is 5.75 Å². The summed E-state index contributed by atoms with van der Waals surface area (Å²) < 4.78 is 5.60. The third-order valence-electron chi connectivity index (χ3n) is 2.93. The summed E-state index contributed by atoms with van der Waals surface area (Å²) in [5.41, 5.74) is 1.21. The molecule has 6 heteroatoms. The van der Waals surface area contributed by atoms with Gasteiger partial charge >= 0.3 is 0 Å². The minimum Gasteiger partial charge on any atom is -0.481 e. The summed E-state index contributed by atoms with van der Waals surface area (Å²) in [7, 11) is 0. The van der Waals surface area contributed by atoms with Gasteiger partial charge < -0.3 is 15.4 Å². The Bertz CT molecular complexity index is 718. The molecule has 0 radical (unpaired) electrons. The molecule has 0 aromatic heterocycles. The van der Waals surface area contributed by atoms with E-state index in [0.717, 1.165) is 0 Å². The monoisotopic (exact) mass is 332 g/mol. The lowest BCUT2D eigenvalue weighted by molar-refractivity contribution is -0.122. The van der Waals surface area contributed by atoms with Crippen molar-refractivity contribution in [1.82, 2.24) is 0 Å². The second kappa shape index (κ2) is 7.65. The Morgan fingerprint density at radius 3 is 2.35 bits per heavy atom. The van der Waals surface area contributed by atoms with Crippen LogP contribution in [0.5, 0.6) is 5.75 Å². The highest BCUT2D eigenvalue weighted by atomic mass is 35.5. The van der Waals surface area contributed by atoms with Gasteiger partial charge in [0.25, 0.3) is 5.91 Å². The van der Waals surface area contributed by atoms with Gasteiger partial charge in [-0.15, -0.1) is 0 Å². The molecule has 2 N–H and O–H groups in total. The first-order chi connectivity index (χ1) is 10.9. The van der Waals surface area contributed by atoms with Gasteiger partial charge in [0.15, 0.2) is 6.10 Å². The van der Waals surface area contributed by atoms with Gasteiger partial charge in [-0.05, 0) is 37.3 Å². The summed E-state index contributed by atoms with van der Waals surface area (Å²) in [6.07, 6.45) is -0.707. The number of ether oxygens (including phenoxy) is 1. The van der Waals surface area contributed by atoms with Crippen molar-refractivity contribution in [1.29, 1.82) is 0 Å². The highest BCUT2D eigenvalue weighted by Gasteiger charge is 2.15. The van der Waals surface area contributed by atoms with E-state index in [0.29, 0.717) is 22.1 Å². The van der Waals surface area contributed by atoms with Gasteiger partial charge in [0, 0.05) is 29.4 Å². The van der Waals surface area contributed by atoms with Crippen molar-refractivity contribution in [3.05, 3.63) is 53.6 Å². The number of halogens is 1. The molecule has 2 rings (SSSR count). The number of benzene rings is 2. The van der Waals surface area contributed by atoms with Crippen LogP contribution < -0.4 is 15.4 Å². The molecule has 120 valence electrons. The van der Waals surface area contributed by atoms with Crippen LogP contribution in [0.4, 0.5) is 11.4 Å². The van der Waals surface area contributed by atoms with Crippen LogP contribution in [-0.4, -0.2) is 17.9 Å². The molecule has 0 aliphatic heterocycles. The van der Waals surface area contributed by atoms with Crippen LogP contribution in [0, 0.1) is 0 Å². The fourth-order valence-electron chi connectivity index (χ4n) is 1.92. The van der Waals surface area contributed by atoms with E-state index in [4.69, 9.17) is 16.3 Å². The van der Waals surface area contributed by atoms with Crippen LogP contribution in [0.1, 0.15) is 13.8 Å². The molecule has 5 nitrogen and oxygen atoms in total. The quantitative estimate of drug-likeness (QED) is 0.877. The number of carbonyl (C=O) groups excluding carboxylic acids is 2. The Hall–Kier alpha value is -2.53. The van der Waals surface area contributed by atoms with E-state index in [-0.39, 0.29) is 11.8 Å². The Balaban J connectivity index is 1.99. The summed E-state index contributed by atoms with van der Waals surface area (Å²) in [4.78, 5) is 23.2. The molecular weight excluding hydrogens is 316 g/mol. The smallest absolute Gasteiger partial charge is 0.265 e. The third-order valence-corrected chi connectivity index (χ3v) is 3.16. The van der Waals surface area contributed by atoms with Crippen molar-refractivity contribution in [3.8, 4) is 5.75 Å². The Morgan fingerprint density at radius 2 is 1.70 bits per heavy atom. The summed E-state index contributed by atoms with van der Waals surface area (Å²) in [5.74, 6) is 0.0242. The zero-order chi connectivity index (χ0) is 16.8. The van der Waals surface area contributed by atoms with Crippen molar-refractivity contribution in [2.24, 2.45) is 0 Å². The first-order valence-corrected chi connectivity index (χ1v) is 7.42. The summed E-state index contributed by atoms with van der Waals surface area (Å²) in [6, 6.07) is 13.7. The summed E-state index contributed by atoms with van der Waals surface area (Å²) in [6.45, 7) is 3.07. The van der Waals surface area contributed by atoms with E-state index in [1.165, 1.54) is 6.92 Å². The van der Waals surface area contributed by atoms with E-state index in [1.807, 2.05) is 0 Å². The maximum absolute atomic E-state index is 12.1. The lowest BCUT2D eigenvalue weighted by atomic mass is 10.2. The average molecular weight is 333 g/mol. The molecule has 0 spiro atoms. The fraction of sp³-hybridized carbons (Fsp3) is 0.176. The second-order valence-corrected chi connectivity index (χ2v) is 5.41. The second-order valence-electron chi connectivity index (χ2n) is 4.97. The van der Waals surface area contributed by atoms with E-state index >= 15 is 0 Å². The number of hydrogen-bond acceptors (Lipinski definition) is 3. The summed E-state index contributed by atoms with van der Waals surface area (Å²) >= 11 is 5.88. The van der Waals surface area contributed by atoms with Crippen LogP contribution in [0.3, 0.4) is 0 Å². The zero-order valence-electron chi connectivity index (χ0n) is 12.8. The minimum absolute atomic E-state index is 0.172. The number of amides is 2. The van der Waals surface area contributed by atoms with E-state index in [1.54, 1.807) is 55.5 Å². The van der Waals surface area contributed by atoms with Gasteiger partial charge in [0.2, 0.25) is 5.91 Å². The summed E-state index contributed by atoms with van der Waals surface area (Å²) in [5, 5.41) is 5.93. The van der Waals surface area contributed by atoms with Crippen molar-refractivity contribution < 1.29 is 14.3 Å². The van der Waals surface area contributed by atoms with Crippen molar-refractivity contribution in [3.63, 3.8) is 0 Å². The fourth-order valence-corrected chi connectivity index (χ4v) is 2.11. The van der Waals surface area contributed by atoms with Gasteiger partial charge in [-0.2, -0.15) is 0 Å². The highest BCUT2D eigenvalue weighted by molar-refractivity contribution is 6.30. The molecular formula is C17H17ClN2O3. The third kappa shape index (κ3) is 5.30. The van der Waals surface area contributed by atoms with Crippen LogP contribution in [0.2, 0.25) is 5.02 Å². The van der Waals surface area contributed by atoms with Gasteiger partial charge in [-0.1, -0.05) is 23.7 Å². The van der Waals surface area contributed by atoms with E-state index in [9.17, 15) is 9.59 Å². The Morgan fingerprint density at radius 1 is 1.04 bits per heavy atom. The SMILES string of the molecule is CC(=O)Nc1cccc(O[C@H](C)C(=O)Nc2cccc(Cl)c2)c1. The van der Waals surface area contributed by atoms with Gasteiger partial charge in [0.05, 0.1) is 0 Å². The standard InChI is InChI=1S/C17H17ClN2O3/c1-11(17(22)20-14-6-3-5-13(18)9-14)23-16-8-4-7-15(10-16)19-12(2)21/h3-11H,1-2H3,(H,19,21)(H,20,22)/t11-/m1/s1. The lowest BCUT2D eigenvalue weighted by Gasteiger charge is -2.15. The topological polar surface area (TPSA) is 67.4 Å². The molecule has 0 fully saturated rings. The molecule has 2 aromatic rings. The predicted molar refractivity (Wildman–Crippen MR) is 90.9 cm³/mol. The molecule has 0 aliphatic carbocycles. The highest BCUT2D eigenvalue weighted by Crippen LogP contribution is 2.19. The van der Waals surface area contributed by atoms with Gasteiger partial charge in [-0.25, -0.2) is 0 Å². The molecule has 0 saturated heterocycles. The van der Waals surface area contributed by atoms with Gasteiger partial charge in [-0.3, -0.25) is 9.59 Å². The maximum atomic E-state index is 12.1. The minimum atomic E-state index is -0.707. The van der Waals surface area contributed by atoms with Crippen LogP contribution in [0.25, 0.3) is 0 Å². The number of anilines is 2. The molecule has 1 atom stereocenters. The van der Waals surface area contributed by atoms with Crippen molar-refractivity contribution in [2.45, 2.75) is 20.0 Å². The molecule has 0 bridgehead atoms. The largest absolute Gasteiger partial charge is 0.481 e. The maximum Gasteiger partial charge on any atom is 0.265 e. The average Bonchev–Trinajstić information content (AvgIpc) is 2.46. The van der Waals surface area contributed by atoms with E-state index in [2.05, 4.69) is 10.6 Å². The number of carbonyl (C=O) groups is 2. The van der Waals surface area contributed by atoms with Crippen molar-refractivity contribution in [2.75, 3.05) is 10.6 Å². The molecule has 23 heavy (non-hydrogen) atoms.